The highest BCUT2D eigenvalue weighted by molar-refractivity contribution is 6.31. The monoisotopic (exact) mass is 408 g/mol. The van der Waals surface area contributed by atoms with Crippen LogP contribution in [0.25, 0.3) is 6.08 Å². The molecule has 2 aromatic carbocycles. The molecule has 0 saturated carbocycles. The fourth-order valence-electron chi connectivity index (χ4n) is 2.62. The van der Waals surface area contributed by atoms with Gasteiger partial charge >= 0.3 is 0 Å². The number of aromatic nitrogens is 2. The van der Waals surface area contributed by atoms with E-state index < -0.39 is 0 Å². The van der Waals surface area contributed by atoms with E-state index in [0.29, 0.717) is 29.4 Å². The quantitative estimate of drug-likeness (QED) is 0.564. The largest absolute Gasteiger partial charge is 0.337 e. The third kappa shape index (κ3) is 6.33. The van der Waals surface area contributed by atoms with Crippen molar-refractivity contribution in [3.63, 3.8) is 0 Å². The molecule has 1 aromatic heterocycles. The maximum absolute atomic E-state index is 12.2. The Morgan fingerprint density at radius 1 is 1.14 bits per heavy atom. The van der Waals surface area contributed by atoms with E-state index >= 15 is 0 Å². The van der Waals surface area contributed by atoms with E-state index in [-0.39, 0.29) is 11.8 Å². The highest BCUT2D eigenvalue weighted by atomic mass is 35.5. The van der Waals surface area contributed by atoms with Crippen LogP contribution in [0.2, 0.25) is 5.02 Å². The standard InChI is InChI=1S/C22H21ClN4O2/c1-16-5-6-17(13-20(16)23)7-8-21(28)25-18-3-2-4-19(14-18)26-22(29)9-11-27-12-10-24-15-27/h2-8,10,12-15H,9,11H2,1H3,(H,25,28)(H,26,29)/b8-7+. The Balaban J connectivity index is 1.54. The number of halogens is 1. The zero-order valence-corrected chi connectivity index (χ0v) is 16.7. The van der Waals surface area contributed by atoms with Crippen LogP contribution in [0.15, 0.2) is 67.3 Å². The molecule has 0 fully saturated rings. The second-order valence-corrected chi connectivity index (χ2v) is 6.92. The van der Waals surface area contributed by atoms with Gasteiger partial charge in [0.2, 0.25) is 11.8 Å². The number of hydrogen-bond donors (Lipinski definition) is 2. The Labute approximate surface area is 174 Å². The van der Waals surface area contributed by atoms with Crippen LogP contribution in [-0.4, -0.2) is 21.4 Å². The first kappa shape index (κ1) is 20.4. The van der Waals surface area contributed by atoms with Crippen molar-refractivity contribution in [2.24, 2.45) is 0 Å². The fourth-order valence-corrected chi connectivity index (χ4v) is 2.81. The number of rotatable bonds is 7. The zero-order chi connectivity index (χ0) is 20.6. The van der Waals surface area contributed by atoms with Crippen LogP contribution >= 0.6 is 11.6 Å². The molecule has 0 aliphatic heterocycles. The minimum atomic E-state index is -0.273. The van der Waals surface area contributed by atoms with Crippen molar-refractivity contribution in [2.75, 3.05) is 10.6 Å². The maximum atomic E-state index is 12.2. The predicted molar refractivity (Wildman–Crippen MR) is 116 cm³/mol. The SMILES string of the molecule is Cc1ccc(/C=C/C(=O)Nc2cccc(NC(=O)CCn3ccnc3)c2)cc1Cl. The summed E-state index contributed by atoms with van der Waals surface area (Å²) in [5, 5.41) is 6.27. The Morgan fingerprint density at radius 2 is 1.93 bits per heavy atom. The lowest BCUT2D eigenvalue weighted by Gasteiger charge is -2.08. The molecule has 0 atom stereocenters. The topological polar surface area (TPSA) is 76.0 Å². The minimum absolute atomic E-state index is 0.113. The number of nitrogens with one attached hydrogen (secondary N) is 2. The van der Waals surface area contributed by atoms with Gasteiger partial charge in [0.05, 0.1) is 6.33 Å². The van der Waals surface area contributed by atoms with Gasteiger partial charge in [0, 0.05) is 47.8 Å². The van der Waals surface area contributed by atoms with E-state index in [2.05, 4.69) is 15.6 Å². The predicted octanol–water partition coefficient (Wildman–Crippen LogP) is 4.53. The van der Waals surface area contributed by atoms with Gasteiger partial charge in [-0.25, -0.2) is 4.98 Å². The van der Waals surface area contributed by atoms with E-state index in [1.54, 1.807) is 48.9 Å². The van der Waals surface area contributed by atoms with Crippen LogP contribution in [0, 0.1) is 6.92 Å². The molecule has 0 radical (unpaired) electrons. The first-order chi connectivity index (χ1) is 14.0. The Kier molecular flexibility index (Phi) is 6.81. The number of nitrogens with zero attached hydrogens (tertiary/aromatic N) is 2. The molecule has 29 heavy (non-hydrogen) atoms. The molecule has 6 nitrogen and oxygen atoms in total. The summed E-state index contributed by atoms with van der Waals surface area (Å²) in [6.07, 6.45) is 8.61. The molecule has 0 aliphatic carbocycles. The van der Waals surface area contributed by atoms with Crippen molar-refractivity contribution in [3.8, 4) is 0 Å². The summed E-state index contributed by atoms with van der Waals surface area (Å²) in [4.78, 5) is 28.2. The highest BCUT2D eigenvalue weighted by Crippen LogP contribution is 2.18. The van der Waals surface area contributed by atoms with E-state index in [1.807, 2.05) is 29.8 Å². The Morgan fingerprint density at radius 3 is 2.66 bits per heavy atom. The first-order valence-electron chi connectivity index (χ1n) is 9.10. The number of carbonyl (C=O) groups is 2. The van der Waals surface area contributed by atoms with Crippen LogP contribution in [-0.2, 0) is 16.1 Å². The molecule has 3 rings (SSSR count). The molecule has 0 aliphatic rings. The third-order valence-corrected chi connectivity index (χ3v) is 4.60. The summed E-state index contributed by atoms with van der Waals surface area (Å²) in [6, 6.07) is 12.6. The average molecular weight is 409 g/mol. The molecule has 1 heterocycles. The van der Waals surface area contributed by atoms with E-state index in [4.69, 9.17) is 11.6 Å². The van der Waals surface area contributed by atoms with Crippen molar-refractivity contribution >= 4 is 40.9 Å². The maximum Gasteiger partial charge on any atom is 0.248 e. The second kappa shape index (κ2) is 9.71. The van der Waals surface area contributed by atoms with Crippen LogP contribution in [0.4, 0.5) is 11.4 Å². The summed E-state index contributed by atoms with van der Waals surface area (Å²) in [5.41, 5.74) is 3.04. The highest BCUT2D eigenvalue weighted by Gasteiger charge is 2.05. The van der Waals surface area contributed by atoms with E-state index in [9.17, 15) is 9.59 Å². The smallest absolute Gasteiger partial charge is 0.248 e. The van der Waals surface area contributed by atoms with Gasteiger partial charge in [-0.05, 0) is 48.4 Å². The van der Waals surface area contributed by atoms with Crippen LogP contribution < -0.4 is 10.6 Å². The van der Waals surface area contributed by atoms with Gasteiger partial charge in [0.1, 0.15) is 0 Å². The summed E-state index contributed by atoms with van der Waals surface area (Å²) in [5.74, 6) is -0.386. The molecule has 3 aromatic rings. The molecule has 2 N–H and O–H groups in total. The Hall–Kier alpha value is -3.38. The summed E-state index contributed by atoms with van der Waals surface area (Å²) >= 11 is 6.10. The molecular weight excluding hydrogens is 388 g/mol. The molecule has 0 spiro atoms. The summed E-state index contributed by atoms with van der Waals surface area (Å²) < 4.78 is 1.84. The number of anilines is 2. The lowest BCUT2D eigenvalue weighted by molar-refractivity contribution is -0.116. The minimum Gasteiger partial charge on any atom is -0.337 e. The second-order valence-electron chi connectivity index (χ2n) is 6.51. The van der Waals surface area contributed by atoms with Gasteiger partial charge in [-0.2, -0.15) is 0 Å². The molecule has 148 valence electrons. The van der Waals surface area contributed by atoms with E-state index in [0.717, 1.165) is 11.1 Å². The molecular formula is C22H21ClN4O2. The number of hydrogen-bond acceptors (Lipinski definition) is 3. The van der Waals surface area contributed by atoms with Crippen molar-refractivity contribution < 1.29 is 9.59 Å². The lowest BCUT2D eigenvalue weighted by atomic mass is 10.1. The van der Waals surface area contributed by atoms with Crippen LogP contribution in [0.5, 0.6) is 0 Å². The molecule has 2 amide bonds. The molecule has 7 heteroatoms. The molecule has 0 unspecified atom stereocenters. The van der Waals surface area contributed by atoms with Gasteiger partial charge < -0.3 is 15.2 Å². The fraction of sp³-hybridized carbons (Fsp3) is 0.136. The van der Waals surface area contributed by atoms with Crippen molar-refractivity contribution in [1.82, 2.24) is 9.55 Å². The number of imidazole rings is 1. The van der Waals surface area contributed by atoms with Gasteiger partial charge in [0.15, 0.2) is 0 Å². The van der Waals surface area contributed by atoms with Crippen molar-refractivity contribution in [2.45, 2.75) is 19.9 Å². The van der Waals surface area contributed by atoms with Crippen molar-refractivity contribution in [3.05, 3.63) is 83.4 Å². The van der Waals surface area contributed by atoms with Gasteiger partial charge in [0.25, 0.3) is 0 Å². The van der Waals surface area contributed by atoms with Gasteiger partial charge in [-0.3, -0.25) is 9.59 Å². The first-order valence-corrected chi connectivity index (χ1v) is 9.48. The summed E-state index contributed by atoms with van der Waals surface area (Å²) in [6.45, 7) is 2.47. The van der Waals surface area contributed by atoms with E-state index in [1.165, 1.54) is 6.08 Å². The number of amides is 2. The zero-order valence-electron chi connectivity index (χ0n) is 15.9. The number of benzene rings is 2. The number of carbonyl (C=O) groups excluding carboxylic acids is 2. The molecule has 0 bridgehead atoms. The average Bonchev–Trinajstić information content (AvgIpc) is 3.21. The lowest BCUT2D eigenvalue weighted by Crippen LogP contribution is -2.14. The normalized spacial score (nSPS) is 10.8. The molecule has 0 saturated heterocycles. The van der Waals surface area contributed by atoms with Gasteiger partial charge in [-0.1, -0.05) is 29.8 Å². The van der Waals surface area contributed by atoms with Crippen LogP contribution in [0.3, 0.4) is 0 Å². The van der Waals surface area contributed by atoms with Gasteiger partial charge in [-0.15, -0.1) is 0 Å². The number of aryl methyl sites for hydroxylation is 2. The van der Waals surface area contributed by atoms with Crippen molar-refractivity contribution in [1.29, 1.82) is 0 Å². The summed E-state index contributed by atoms with van der Waals surface area (Å²) in [7, 11) is 0. The van der Waals surface area contributed by atoms with Crippen LogP contribution in [0.1, 0.15) is 17.5 Å². The third-order valence-electron chi connectivity index (χ3n) is 4.19. The Bertz CT molecular complexity index is 1030.